The molecule has 0 bridgehead atoms. The number of pyridine rings is 1. The Balaban J connectivity index is 1.59. The van der Waals surface area contributed by atoms with Gasteiger partial charge in [0.05, 0.1) is 5.69 Å². The molecule has 3 rings (SSSR count). The fraction of sp³-hybridized carbons (Fsp3) is 0.591. The summed E-state index contributed by atoms with van der Waals surface area (Å²) in [7, 11) is 5.83. The molecule has 0 radical (unpaired) electrons. The smallest absolute Gasteiger partial charge is 0.213 e. The average molecular weight is 399 g/mol. The summed E-state index contributed by atoms with van der Waals surface area (Å²) in [4.78, 5) is 10.9. The Morgan fingerprint density at radius 1 is 1.38 bits per heavy atom. The van der Waals surface area contributed by atoms with E-state index in [0.717, 1.165) is 42.5 Å². The fourth-order valence-corrected chi connectivity index (χ4v) is 3.86. The average Bonchev–Trinajstić information content (AvgIpc) is 3.32. The van der Waals surface area contributed by atoms with E-state index in [1.54, 1.807) is 0 Å². The molecule has 29 heavy (non-hydrogen) atoms. The Labute approximate surface area is 174 Å². The summed E-state index contributed by atoms with van der Waals surface area (Å²) in [5.74, 6) is 1.96. The van der Waals surface area contributed by atoms with Crippen LogP contribution < -0.4 is 10.1 Å². The lowest BCUT2D eigenvalue weighted by Crippen LogP contribution is -2.38. The lowest BCUT2D eigenvalue weighted by molar-refractivity contribution is 0.201. The van der Waals surface area contributed by atoms with Gasteiger partial charge in [0.2, 0.25) is 5.88 Å². The highest BCUT2D eigenvalue weighted by Crippen LogP contribution is 2.23. The van der Waals surface area contributed by atoms with Crippen LogP contribution in [0.15, 0.2) is 29.5 Å². The van der Waals surface area contributed by atoms with Crippen molar-refractivity contribution in [1.29, 1.82) is 0 Å². The highest BCUT2D eigenvalue weighted by atomic mass is 16.5. The molecule has 0 atom stereocenters. The van der Waals surface area contributed by atoms with E-state index < -0.39 is 0 Å². The molecule has 1 fully saturated rings. The van der Waals surface area contributed by atoms with Gasteiger partial charge in [0.15, 0.2) is 5.96 Å². The van der Waals surface area contributed by atoms with Crippen molar-refractivity contribution in [3.63, 3.8) is 0 Å². The Bertz CT molecular complexity index is 822. The second-order valence-corrected chi connectivity index (χ2v) is 8.15. The van der Waals surface area contributed by atoms with Gasteiger partial charge in [-0.1, -0.05) is 13.8 Å². The van der Waals surface area contributed by atoms with Gasteiger partial charge < -0.3 is 15.0 Å². The van der Waals surface area contributed by atoms with Crippen LogP contribution in [-0.4, -0.2) is 45.8 Å². The molecule has 0 amide bonds. The molecule has 2 aromatic heterocycles. The molecule has 0 spiro atoms. The zero-order valence-corrected chi connectivity index (χ0v) is 18.4. The number of nitrogens with zero attached hydrogens (tertiary/aromatic N) is 5. The van der Waals surface area contributed by atoms with Crippen LogP contribution in [0.1, 0.15) is 62.3 Å². The topological polar surface area (TPSA) is 67.6 Å². The zero-order valence-electron chi connectivity index (χ0n) is 18.4. The minimum absolute atomic E-state index is 0.319. The summed E-state index contributed by atoms with van der Waals surface area (Å²) in [5.41, 5.74) is 3.49. The van der Waals surface area contributed by atoms with E-state index in [1.165, 1.54) is 18.4 Å². The molecule has 7 heteroatoms. The van der Waals surface area contributed by atoms with Crippen molar-refractivity contribution in [2.24, 2.45) is 12.0 Å². The predicted molar refractivity (Wildman–Crippen MR) is 116 cm³/mol. The largest absolute Gasteiger partial charge is 0.474 e. The van der Waals surface area contributed by atoms with E-state index in [-0.39, 0.29) is 0 Å². The SMILES string of the molecule is CN=C(NCc1ccnc(OC2CCCC2)c1)N(C)Cc1cn(C)nc1C(C)C. The molecule has 2 aromatic rings. The Morgan fingerprint density at radius 2 is 2.14 bits per heavy atom. The maximum absolute atomic E-state index is 6.02. The van der Waals surface area contributed by atoms with Crippen LogP contribution in [0.2, 0.25) is 0 Å². The third-order valence-corrected chi connectivity index (χ3v) is 5.30. The van der Waals surface area contributed by atoms with Gasteiger partial charge in [0.25, 0.3) is 0 Å². The molecule has 1 saturated carbocycles. The highest BCUT2D eigenvalue weighted by molar-refractivity contribution is 5.79. The van der Waals surface area contributed by atoms with E-state index in [9.17, 15) is 0 Å². The number of hydrogen-bond donors (Lipinski definition) is 1. The van der Waals surface area contributed by atoms with Crippen molar-refractivity contribution in [2.45, 2.75) is 64.6 Å². The second kappa shape index (κ2) is 9.76. The quantitative estimate of drug-likeness (QED) is 0.571. The number of rotatable bonds is 7. The van der Waals surface area contributed by atoms with Crippen LogP contribution in [0.4, 0.5) is 0 Å². The third kappa shape index (κ3) is 5.71. The van der Waals surface area contributed by atoms with E-state index >= 15 is 0 Å². The summed E-state index contributed by atoms with van der Waals surface area (Å²) in [6.07, 6.45) is 9.00. The van der Waals surface area contributed by atoms with Crippen LogP contribution in [-0.2, 0) is 20.1 Å². The number of aromatic nitrogens is 3. The van der Waals surface area contributed by atoms with Gasteiger partial charge in [-0.15, -0.1) is 0 Å². The summed E-state index contributed by atoms with van der Waals surface area (Å²) >= 11 is 0. The van der Waals surface area contributed by atoms with E-state index in [0.29, 0.717) is 18.6 Å². The van der Waals surface area contributed by atoms with Crippen LogP contribution in [0.5, 0.6) is 5.88 Å². The van der Waals surface area contributed by atoms with Crippen LogP contribution in [0.3, 0.4) is 0 Å². The first-order chi connectivity index (χ1) is 14.0. The predicted octanol–water partition coefficient (Wildman–Crippen LogP) is 3.47. The molecule has 7 nitrogen and oxygen atoms in total. The van der Waals surface area contributed by atoms with E-state index in [1.807, 2.05) is 44.2 Å². The molecular formula is C22H34N6O. The van der Waals surface area contributed by atoms with E-state index in [2.05, 4.69) is 45.3 Å². The third-order valence-electron chi connectivity index (χ3n) is 5.30. The molecule has 1 aliphatic rings. The lowest BCUT2D eigenvalue weighted by atomic mass is 10.1. The van der Waals surface area contributed by atoms with Gasteiger partial charge in [0.1, 0.15) is 6.10 Å². The molecule has 1 aliphatic carbocycles. The Kier molecular flexibility index (Phi) is 7.12. The van der Waals surface area contributed by atoms with Crippen LogP contribution in [0, 0.1) is 0 Å². The van der Waals surface area contributed by atoms with Crippen LogP contribution >= 0.6 is 0 Å². The molecule has 2 heterocycles. The monoisotopic (exact) mass is 398 g/mol. The van der Waals surface area contributed by atoms with E-state index in [4.69, 9.17) is 4.74 Å². The Morgan fingerprint density at radius 3 is 2.83 bits per heavy atom. The summed E-state index contributed by atoms with van der Waals surface area (Å²) < 4.78 is 7.91. The molecule has 0 aromatic carbocycles. The second-order valence-electron chi connectivity index (χ2n) is 8.15. The van der Waals surface area contributed by atoms with Gasteiger partial charge >= 0.3 is 0 Å². The number of aliphatic imine (C=N–C) groups is 1. The number of nitrogens with one attached hydrogen (secondary N) is 1. The maximum Gasteiger partial charge on any atom is 0.213 e. The van der Waals surface area contributed by atoms with Crippen LogP contribution in [0.25, 0.3) is 0 Å². The van der Waals surface area contributed by atoms with Crippen molar-refractivity contribution in [1.82, 2.24) is 25.0 Å². The molecule has 0 saturated heterocycles. The number of guanidine groups is 1. The molecule has 1 N–H and O–H groups in total. The summed E-state index contributed by atoms with van der Waals surface area (Å²) in [5, 5.41) is 8.05. The molecule has 0 unspecified atom stereocenters. The zero-order chi connectivity index (χ0) is 20.8. The normalized spacial score (nSPS) is 15.2. The molecule has 0 aliphatic heterocycles. The first-order valence-corrected chi connectivity index (χ1v) is 10.5. The van der Waals surface area contributed by atoms with Gasteiger partial charge in [-0.05, 0) is 43.2 Å². The Hall–Kier alpha value is -2.57. The standard InChI is InChI=1S/C22H34N6O/c1-16(2)21-18(15-28(5)26-21)14-27(4)22(23-3)25-13-17-10-11-24-20(12-17)29-19-8-6-7-9-19/h10-12,15-16,19H,6-9,13-14H2,1-5H3,(H,23,25). The molecular weight excluding hydrogens is 364 g/mol. The minimum Gasteiger partial charge on any atom is -0.474 e. The number of hydrogen-bond acceptors (Lipinski definition) is 4. The number of ether oxygens (including phenoxy) is 1. The highest BCUT2D eigenvalue weighted by Gasteiger charge is 2.17. The minimum atomic E-state index is 0.319. The fourth-order valence-electron chi connectivity index (χ4n) is 3.86. The summed E-state index contributed by atoms with van der Waals surface area (Å²) in [6.45, 7) is 5.78. The van der Waals surface area contributed by atoms with Gasteiger partial charge in [0, 0.05) is 58.3 Å². The number of aryl methyl sites for hydroxylation is 1. The van der Waals surface area contributed by atoms with Crippen molar-refractivity contribution in [2.75, 3.05) is 14.1 Å². The van der Waals surface area contributed by atoms with Crippen molar-refractivity contribution in [3.05, 3.63) is 41.3 Å². The van der Waals surface area contributed by atoms with Crippen molar-refractivity contribution in [3.8, 4) is 5.88 Å². The van der Waals surface area contributed by atoms with Gasteiger partial charge in [-0.25, -0.2) is 4.98 Å². The van der Waals surface area contributed by atoms with Crippen molar-refractivity contribution >= 4 is 5.96 Å². The molecule has 158 valence electrons. The first-order valence-electron chi connectivity index (χ1n) is 10.5. The van der Waals surface area contributed by atoms with Gasteiger partial charge in [-0.2, -0.15) is 5.10 Å². The summed E-state index contributed by atoms with van der Waals surface area (Å²) in [6, 6.07) is 4.04. The first kappa shape index (κ1) is 21.1. The van der Waals surface area contributed by atoms with Gasteiger partial charge in [-0.3, -0.25) is 9.67 Å². The lowest BCUT2D eigenvalue weighted by Gasteiger charge is -2.22. The van der Waals surface area contributed by atoms with Crippen molar-refractivity contribution < 1.29 is 4.74 Å². The maximum atomic E-state index is 6.02.